The third-order valence-electron chi connectivity index (χ3n) is 5.36. The second-order valence-electron chi connectivity index (χ2n) is 7.18. The van der Waals surface area contributed by atoms with Crippen molar-refractivity contribution in [2.45, 2.75) is 45.4 Å². The van der Waals surface area contributed by atoms with Gasteiger partial charge >= 0.3 is 0 Å². The topological polar surface area (TPSA) is 9.23 Å². The molecule has 0 saturated carbocycles. The molecule has 0 spiro atoms. The average molecular weight is 379 g/mol. The Labute approximate surface area is 167 Å². The monoisotopic (exact) mass is 378 g/mol. The fourth-order valence-electron chi connectivity index (χ4n) is 3.67. The zero-order chi connectivity index (χ0) is 18.9. The van der Waals surface area contributed by atoms with Crippen LogP contribution in [-0.4, -0.2) is 6.61 Å². The summed E-state index contributed by atoms with van der Waals surface area (Å²) in [6.07, 6.45) is 9.27. The molecular weight excluding hydrogens is 348 g/mol. The number of hydrogen-bond acceptors (Lipinski definition) is 2. The third-order valence-corrected chi connectivity index (χ3v) is 6.25. The highest BCUT2D eigenvalue weighted by molar-refractivity contribution is 7.17. The SMILES string of the molecule is C=Cc1ccc(OCCCC(CC)CCCc2cccc3sccc23)cc1. The van der Waals surface area contributed by atoms with E-state index in [2.05, 4.69) is 43.1 Å². The second-order valence-corrected chi connectivity index (χ2v) is 8.13. The molecule has 0 aliphatic carbocycles. The molecule has 1 heterocycles. The molecule has 27 heavy (non-hydrogen) atoms. The van der Waals surface area contributed by atoms with Crippen molar-refractivity contribution in [3.05, 3.63) is 71.6 Å². The molecule has 0 bridgehead atoms. The van der Waals surface area contributed by atoms with E-state index < -0.39 is 0 Å². The highest BCUT2D eigenvalue weighted by Crippen LogP contribution is 2.26. The maximum atomic E-state index is 5.88. The first kappa shape index (κ1) is 19.7. The van der Waals surface area contributed by atoms with E-state index in [1.165, 1.54) is 47.8 Å². The number of ether oxygens (including phenoxy) is 1. The smallest absolute Gasteiger partial charge is 0.119 e. The van der Waals surface area contributed by atoms with Crippen LogP contribution >= 0.6 is 11.3 Å². The van der Waals surface area contributed by atoms with Crippen molar-refractivity contribution in [1.82, 2.24) is 0 Å². The van der Waals surface area contributed by atoms with Crippen LogP contribution in [-0.2, 0) is 6.42 Å². The summed E-state index contributed by atoms with van der Waals surface area (Å²) in [5.74, 6) is 1.76. The standard InChI is InChI=1S/C25H30OS/c1-3-20(9-7-18-26-23-15-13-21(4-2)14-16-23)8-5-10-22-11-6-12-25-24(22)17-19-27-25/h4,6,11-17,19-20H,2-3,5,7-10,18H2,1H3. The number of hydrogen-bond donors (Lipinski definition) is 0. The molecular formula is C25H30OS. The molecule has 1 aromatic heterocycles. The van der Waals surface area contributed by atoms with Gasteiger partial charge in [-0.2, -0.15) is 0 Å². The molecule has 1 nitrogen and oxygen atoms in total. The number of thiophene rings is 1. The first-order chi connectivity index (χ1) is 13.3. The summed E-state index contributed by atoms with van der Waals surface area (Å²) >= 11 is 1.84. The van der Waals surface area contributed by atoms with Gasteiger partial charge in [-0.25, -0.2) is 0 Å². The summed E-state index contributed by atoms with van der Waals surface area (Å²) in [6, 6.07) is 17.1. The van der Waals surface area contributed by atoms with E-state index in [0.29, 0.717) is 0 Å². The highest BCUT2D eigenvalue weighted by Gasteiger charge is 2.08. The fourth-order valence-corrected chi connectivity index (χ4v) is 4.50. The van der Waals surface area contributed by atoms with Crippen molar-refractivity contribution in [3.8, 4) is 5.75 Å². The van der Waals surface area contributed by atoms with Crippen molar-refractivity contribution < 1.29 is 4.74 Å². The normalized spacial score (nSPS) is 12.2. The van der Waals surface area contributed by atoms with Crippen molar-refractivity contribution >= 4 is 27.5 Å². The van der Waals surface area contributed by atoms with E-state index in [-0.39, 0.29) is 0 Å². The Hall–Kier alpha value is -2.06. The van der Waals surface area contributed by atoms with Crippen LogP contribution in [0, 0.1) is 5.92 Å². The Bertz CT molecular complexity index is 831. The summed E-state index contributed by atoms with van der Waals surface area (Å²) in [5.41, 5.74) is 2.64. The van der Waals surface area contributed by atoms with Gasteiger partial charge in [0.25, 0.3) is 0 Å². The van der Waals surface area contributed by atoms with E-state index in [1.54, 1.807) is 0 Å². The lowest BCUT2D eigenvalue weighted by molar-refractivity contribution is 0.285. The van der Waals surface area contributed by atoms with Crippen molar-refractivity contribution in [2.24, 2.45) is 5.92 Å². The Balaban J connectivity index is 1.37. The molecule has 1 atom stereocenters. The Morgan fingerprint density at radius 1 is 1.04 bits per heavy atom. The maximum Gasteiger partial charge on any atom is 0.119 e. The summed E-state index contributed by atoms with van der Waals surface area (Å²) in [7, 11) is 0. The van der Waals surface area contributed by atoms with Gasteiger partial charge in [0.05, 0.1) is 6.61 Å². The average Bonchev–Trinajstić information content (AvgIpc) is 3.20. The Kier molecular flexibility index (Phi) is 7.53. The van der Waals surface area contributed by atoms with Crippen molar-refractivity contribution in [3.63, 3.8) is 0 Å². The molecule has 3 rings (SSSR count). The van der Waals surface area contributed by atoms with Gasteiger partial charge in [-0.3, -0.25) is 0 Å². The van der Waals surface area contributed by atoms with Crippen LogP contribution in [0.5, 0.6) is 5.75 Å². The Morgan fingerprint density at radius 3 is 2.63 bits per heavy atom. The summed E-state index contributed by atoms with van der Waals surface area (Å²) in [4.78, 5) is 0. The zero-order valence-electron chi connectivity index (χ0n) is 16.3. The zero-order valence-corrected chi connectivity index (χ0v) is 17.1. The molecule has 0 aliphatic rings. The predicted octanol–water partition coefficient (Wildman–Crippen LogP) is 7.75. The molecule has 142 valence electrons. The minimum absolute atomic E-state index is 0.804. The summed E-state index contributed by atoms with van der Waals surface area (Å²) < 4.78 is 7.30. The first-order valence-electron chi connectivity index (χ1n) is 10.1. The molecule has 0 fully saturated rings. The van der Waals surface area contributed by atoms with Crippen LogP contribution in [0.3, 0.4) is 0 Å². The molecule has 0 saturated heterocycles. The maximum absolute atomic E-state index is 5.88. The van der Waals surface area contributed by atoms with Gasteiger partial charge in [-0.15, -0.1) is 11.3 Å². The lowest BCUT2D eigenvalue weighted by Gasteiger charge is -2.15. The van der Waals surface area contributed by atoms with E-state index in [9.17, 15) is 0 Å². The van der Waals surface area contributed by atoms with Crippen LogP contribution < -0.4 is 4.74 Å². The van der Waals surface area contributed by atoms with E-state index in [1.807, 2.05) is 41.7 Å². The third kappa shape index (κ3) is 5.71. The molecule has 0 radical (unpaired) electrons. The van der Waals surface area contributed by atoms with Crippen molar-refractivity contribution in [2.75, 3.05) is 6.61 Å². The number of aryl methyl sites for hydroxylation is 1. The van der Waals surface area contributed by atoms with E-state index in [4.69, 9.17) is 4.74 Å². The van der Waals surface area contributed by atoms with Crippen LogP contribution in [0.2, 0.25) is 0 Å². The highest BCUT2D eigenvalue weighted by atomic mass is 32.1. The predicted molar refractivity (Wildman–Crippen MR) is 120 cm³/mol. The fraction of sp³-hybridized carbons (Fsp3) is 0.360. The molecule has 3 aromatic rings. The van der Waals surface area contributed by atoms with Gasteiger partial charge in [0, 0.05) is 4.70 Å². The van der Waals surface area contributed by atoms with Crippen LogP contribution in [0.25, 0.3) is 16.2 Å². The number of benzene rings is 2. The van der Waals surface area contributed by atoms with Crippen LogP contribution in [0.15, 0.2) is 60.5 Å². The van der Waals surface area contributed by atoms with Gasteiger partial charge in [0.1, 0.15) is 5.75 Å². The molecule has 2 aromatic carbocycles. The van der Waals surface area contributed by atoms with Gasteiger partial charge in [0.15, 0.2) is 0 Å². The van der Waals surface area contributed by atoms with Gasteiger partial charge in [-0.1, -0.05) is 56.7 Å². The van der Waals surface area contributed by atoms with Crippen LogP contribution in [0.1, 0.15) is 50.2 Å². The second kappa shape index (κ2) is 10.3. The number of fused-ring (bicyclic) bond motifs is 1. The molecule has 1 unspecified atom stereocenters. The van der Waals surface area contributed by atoms with Gasteiger partial charge in [0.2, 0.25) is 0 Å². The first-order valence-corrected chi connectivity index (χ1v) is 11.0. The van der Waals surface area contributed by atoms with Crippen molar-refractivity contribution in [1.29, 1.82) is 0 Å². The van der Waals surface area contributed by atoms with Gasteiger partial charge in [-0.05, 0) is 77.8 Å². The van der Waals surface area contributed by atoms with E-state index >= 15 is 0 Å². The summed E-state index contributed by atoms with van der Waals surface area (Å²) in [5, 5.41) is 3.65. The minimum atomic E-state index is 0.804. The Morgan fingerprint density at radius 2 is 1.85 bits per heavy atom. The molecule has 2 heteroatoms. The largest absolute Gasteiger partial charge is 0.494 e. The summed E-state index contributed by atoms with van der Waals surface area (Å²) in [6.45, 7) is 6.90. The molecule has 0 aliphatic heterocycles. The number of rotatable bonds is 11. The lowest BCUT2D eigenvalue weighted by atomic mass is 9.93. The minimum Gasteiger partial charge on any atom is -0.494 e. The quantitative estimate of drug-likeness (QED) is 0.310. The molecule has 0 amide bonds. The lowest BCUT2D eigenvalue weighted by Crippen LogP contribution is -2.04. The van der Waals surface area contributed by atoms with E-state index in [0.717, 1.165) is 30.3 Å². The van der Waals surface area contributed by atoms with Gasteiger partial charge < -0.3 is 4.74 Å². The molecule has 0 N–H and O–H groups in total. The van der Waals surface area contributed by atoms with Crippen LogP contribution in [0.4, 0.5) is 0 Å².